The number of benzene rings is 1. The normalized spacial score (nSPS) is 10.6. The van der Waals surface area contributed by atoms with E-state index in [1.807, 2.05) is 0 Å². The van der Waals surface area contributed by atoms with Gasteiger partial charge in [0.05, 0.1) is 6.21 Å². The number of carbonyl (C=O) groups is 1. The minimum Gasteiger partial charge on any atom is -0.508 e. The van der Waals surface area contributed by atoms with E-state index in [9.17, 15) is 4.79 Å². The van der Waals surface area contributed by atoms with Gasteiger partial charge in [-0.3, -0.25) is 9.89 Å². The zero-order chi connectivity index (χ0) is 12.1. The Bertz CT molecular complexity index is 518. The molecule has 0 aliphatic carbocycles. The van der Waals surface area contributed by atoms with Gasteiger partial charge in [-0.25, -0.2) is 10.4 Å². The lowest BCUT2D eigenvalue weighted by atomic mass is 10.2. The molecular formula is C10H9N5O2. The fourth-order valence-electron chi connectivity index (χ4n) is 1.09. The highest BCUT2D eigenvalue weighted by molar-refractivity contribution is 5.91. The van der Waals surface area contributed by atoms with E-state index >= 15 is 0 Å². The maximum atomic E-state index is 11.4. The highest BCUT2D eigenvalue weighted by Crippen LogP contribution is 2.07. The van der Waals surface area contributed by atoms with Crippen molar-refractivity contribution in [3.63, 3.8) is 0 Å². The summed E-state index contributed by atoms with van der Waals surface area (Å²) in [4.78, 5) is 15.0. The van der Waals surface area contributed by atoms with E-state index in [-0.39, 0.29) is 11.6 Å². The van der Waals surface area contributed by atoms with Gasteiger partial charge in [0, 0.05) is 0 Å². The standard InChI is InChI=1S/C10H9N5O2/c16-8-3-1-7(2-4-8)5-12-15-10(17)9-11-6-13-14-9/h1-6,16H,(H,15,17)(H,11,13,14)/b12-5+. The number of aromatic amines is 1. The quantitative estimate of drug-likeness (QED) is 0.521. The molecule has 7 heteroatoms. The van der Waals surface area contributed by atoms with Gasteiger partial charge in [0.25, 0.3) is 0 Å². The van der Waals surface area contributed by atoms with E-state index in [4.69, 9.17) is 5.11 Å². The van der Waals surface area contributed by atoms with Crippen LogP contribution in [0, 0.1) is 0 Å². The molecule has 1 aromatic heterocycles. The smallest absolute Gasteiger partial charge is 0.308 e. The van der Waals surface area contributed by atoms with E-state index in [1.165, 1.54) is 24.7 Å². The van der Waals surface area contributed by atoms with Crippen molar-refractivity contribution in [2.45, 2.75) is 0 Å². The summed E-state index contributed by atoms with van der Waals surface area (Å²) in [5.74, 6) is -0.210. The van der Waals surface area contributed by atoms with Crippen LogP contribution in [0.3, 0.4) is 0 Å². The molecule has 0 radical (unpaired) electrons. The van der Waals surface area contributed by atoms with Crippen molar-refractivity contribution in [3.8, 4) is 5.75 Å². The number of carbonyl (C=O) groups excluding carboxylic acids is 1. The molecule has 0 fully saturated rings. The zero-order valence-electron chi connectivity index (χ0n) is 8.66. The lowest BCUT2D eigenvalue weighted by Gasteiger charge is -1.95. The maximum Gasteiger partial charge on any atom is 0.308 e. The Labute approximate surface area is 96.2 Å². The summed E-state index contributed by atoms with van der Waals surface area (Å²) in [5.41, 5.74) is 3.03. The SMILES string of the molecule is O=C(N/N=C/c1ccc(O)cc1)c1ncn[nH]1. The van der Waals surface area contributed by atoms with Crippen molar-refractivity contribution in [3.05, 3.63) is 42.0 Å². The van der Waals surface area contributed by atoms with Crippen molar-refractivity contribution in [2.75, 3.05) is 0 Å². The number of rotatable bonds is 3. The molecule has 2 rings (SSSR count). The summed E-state index contributed by atoms with van der Waals surface area (Å²) in [6, 6.07) is 6.39. The summed E-state index contributed by atoms with van der Waals surface area (Å²) in [6.45, 7) is 0. The first kappa shape index (κ1) is 10.8. The average molecular weight is 231 g/mol. The highest BCUT2D eigenvalue weighted by Gasteiger charge is 2.05. The number of H-pyrrole nitrogens is 1. The second kappa shape index (κ2) is 4.88. The van der Waals surface area contributed by atoms with E-state index in [0.717, 1.165) is 5.56 Å². The largest absolute Gasteiger partial charge is 0.508 e. The van der Waals surface area contributed by atoms with Gasteiger partial charge in [0.1, 0.15) is 12.1 Å². The first-order valence-corrected chi connectivity index (χ1v) is 4.73. The Balaban J connectivity index is 1.94. The maximum absolute atomic E-state index is 11.4. The van der Waals surface area contributed by atoms with Crippen LogP contribution in [0.2, 0.25) is 0 Å². The van der Waals surface area contributed by atoms with Gasteiger partial charge in [-0.15, -0.1) is 0 Å². The lowest BCUT2D eigenvalue weighted by Crippen LogP contribution is -2.19. The molecule has 0 atom stereocenters. The Morgan fingerprint density at radius 3 is 2.82 bits per heavy atom. The predicted molar refractivity (Wildman–Crippen MR) is 59.5 cm³/mol. The molecule has 1 heterocycles. The first-order chi connectivity index (χ1) is 8.25. The number of phenols is 1. The van der Waals surface area contributed by atoms with Gasteiger partial charge in [0.15, 0.2) is 0 Å². The van der Waals surface area contributed by atoms with Gasteiger partial charge >= 0.3 is 5.91 Å². The molecule has 0 aliphatic rings. The van der Waals surface area contributed by atoms with Crippen LogP contribution < -0.4 is 5.43 Å². The van der Waals surface area contributed by atoms with Crippen LogP contribution in [0.1, 0.15) is 16.2 Å². The van der Waals surface area contributed by atoms with Crippen molar-refractivity contribution >= 4 is 12.1 Å². The molecule has 0 aliphatic heterocycles. The summed E-state index contributed by atoms with van der Waals surface area (Å²) in [6.07, 6.45) is 2.69. The topological polar surface area (TPSA) is 103 Å². The first-order valence-electron chi connectivity index (χ1n) is 4.73. The second-order valence-corrected chi connectivity index (χ2v) is 3.12. The zero-order valence-corrected chi connectivity index (χ0v) is 8.66. The Morgan fingerprint density at radius 2 is 2.18 bits per heavy atom. The molecule has 0 saturated carbocycles. The van der Waals surface area contributed by atoms with Crippen LogP contribution in [0.5, 0.6) is 5.75 Å². The van der Waals surface area contributed by atoms with Crippen LogP contribution in [0.4, 0.5) is 0 Å². The van der Waals surface area contributed by atoms with E-state index < -0.39 is 5.91 Å². The molecule has 3 N–H and O–H groups in total. The monoisotopic (exact) mass is 231 g/mol. The molecule has 0 spiro atoms. The van der Waals surface area contributed by atoms with Crippen molar-refractivity contribution in [1.29, 1.82) is 0 Å². The third-order valence-electron chi connectivity index (χ3n) is 1.90. The van der Waals surface area contributed by atoms with Crippen molar-refractivity contribution in [1.82, 2.24) is 20.6 Å². The van der Waals surface area contributed by atoms with Crippen LogP contribution in [-0.2, 0) is 0 Å². The Kier molecular flexibility index (Phi) is 3.10. The van der Waals surface area contributed by atoms with Crippen molar-refractivity contribution < 1.29 is 9.90 Å². The molecule has 0 unspecified atom stereocenters. The fraction of sp³-hybridized carbons (Fsp3) is 0. The van der Waals surface area contributed by atoms with E-state index in [1.54, 1.807) is 12.1 Å². The second-order valence-electron chi connectivity index (χ2n) is 3.12. The van der Waals surface area contributed by atoms with E-state index in [0.29, 0.717) is 0 Å². The molecule has 1 amide bonds. The molecular weight excluding hydrogens is 222 g/mol. The number of nitrogens with zero attached hydrogens (tertiary/aromatic N) is 3. The molecule has 17 heavy (non-hydrogen) atoms. The molecule has 0 saturated heterocycles. The summed E-state index contributed by atoms with van der Waals surface area (Å²) in [5, 5.41) is 18.8. The average Bonchev–Trinajstić information content (AvgIpc) is 2.85. The molecule has 0 bridgehead atoms. The third kappa shape index (κ3) is 2.88. The number of hydrazone groups is 1. The Morgan fingerprint density at radius 1 is 1.41 bits per heavy atom. The highest BCUT2D eigenvalue weighted by atomic mass is 16.3. The number of phenolic OH excluding ortho intramolecular Hbond substituents is 1. The van der Waals surface area contributed by atoms with Crippen molar-refractivity contribution in [2.24, 2.45) is 5.10 Å². The van der Waals surface area contributed by atoms with E-state index in [2.05, 4.69) is 25.7 Å². The fourth-order valence-corrected chi connectivity index (χ4v) is 1.09. The predicted octanol–water partition coefficient (Wildman–Crippen LogP) is 0.274. The number of amides is 1. The van der Waals surface area contributed by atoms with Crippen LogP contribution in [0.15, 0.2) is 35.7 Å². The van der Waals surface area contributed by atoms with Crippen LogP contribution >= 0.6 is 0 Å². The summed E-state index contributed by atoms with van der Waals surface area (Å²) < 4.78 is 0. The summed E-state index contributed by atoms with van der Waals surface area (Å²) in [7, 11) is 0. The van der Waals surface area contributed by atoms with Gasteiger partial charge in [-0.1, -0.05) is 0 Å². The van der Waals surface area contributed by atoms with Gasteiger partial charge in [-0.05, 0) is 29.8 Å². The number of hydrogen-bond donors (Lipinski definition) is 3. The lowest BCUT2D eigenvalue weighted by molar-refractivity contribution is 0.0945. The molecule has 86 valence electrons. The number of aromatic nitrogens is 3. The number of aromatic hydroxyl groups is 1. The molecule has 7 nitrogen and oxygen atoms in total. The third-order valence-corrected chi connectivity index (χ3v) is 1.90. The summed E-state index contributed by atoms with van der Waals surface area (Å²) >= 11 is 0. The Hall–Kier alpha value is -2.70. The van der Waals surface area contributed by atoms with Crippen LogP contribution in [-0.4, -0.2) is 32.4 Å². The number of hydrogen-bond acceptors (Lipinski definition) is 5. The molecule has 2 aromatic rings. The van der Waals surface area contributed by atoms with Gasteiger partial charge in [0.2, 0.25) is 5.82 Å². The van der Waals surface area contributed by atoms with Gasteiger partial charge < -0.3 is 5.11 Å². The minimum absolute atomic E-state index is 0.0906. The minimum atomic E-state index is -0.475. The molecule has 1 aromatic carbocycles. The van der Waals surface area contributed by atoms with Crippen LogP contribution in [0.25, 0.3) is 0 Å². The van der Waals surface area contributed by atoms with Gasteiger partial charge in [-0.2, -0.15) is 10.2 Å². The number of nitrogens with one attached hydrogen (secondary N) is 2.